The Hall–Kier alpha value is -1.47. The Kier molecular flexibility index (Phi) is 3.55. The molecule has 0 aliphatic heterocycles. The minimum atomic E-state index is -0.547. The van der Waals surface area contributed by atoms with Crippen molar-refractivity contribution in [1.82, 2.24) is 15.0 Å². The maximum Gasteiger partial charge on any atom is 0.225 e. The molecule has 0 aliphatic carbocycles. The molecule has 0 radical (unpaired) electrons. The SMILES string of the molecule is NCC(O)CCc1nc(N)nc(N)n1. The number of nitrogens with two attached hydrogens (primary N) is 3. The first-order valence-corrected chi connectivity index (χ1v) is 4.26. The van der Waals surface area contributed by atoms with Crippen molar-refractivity contribution >= 4 is 11.9 Å². The van der Waals surface area contributed by atoms with Crippen LogP contribution >= 0.6 is 0 Å². The van der Waals surface area contributed by atoms with Gasteiger partial charge in [-0.25, -0.2) is 0 Å². The van der Waals surface area contributed by atoms with Gasteiger partial charge in [0.1, 0.15) is 5.82 Å². The molecule has 0 amide bonds. The van der Waals surface area contributed by atoms with Gasteiger partial charge in [0.2, 0.25) is 11.9 Å². The molecule has 0 bridgehead atoms. The van der Waals surface area contributed by atoms with Crippen LogP contribution in [-0.4, -0.2) is 32.7 Å². The minimum absolute atomic E-state index is 0.0924. The zero-order valence-electron chi connectivity index (χ0n) is 7.72. The molecule has 0 fully saturated rings. The lowest BCUT2D eigenvalue weighted by atomic mass is 10.2. The summed E-state index contributed by atoms with van der Waals surface area (Å²) in [4.78, 5) is 11.4. The summed E-state index contributed by atoms with van der Waals surface area (Å²) in [5, 5.41) is 9.20. The molecule has 7 nitrogen and oxygen atoms in total. The van der Waals surface area contributed by atoms with E-state index in [2.05, 4.69) is 15.0 Å². The smallest absolute Gasteiger partial charge is 0.225 e. The Balaban J connectivity index is 2.58. The maximum absolute atomic E-state index is 9.20. The average Bonchev–Trinajstić information content (AvgIpc) is 2.12. The molecule has 0 saturated heterocycles. The summed E-state index contributed by atoms with van der Waals surface area (Å²) < 4.78 is 0. The fraction of sp³-hybridized carbons (Fsp3) is 0.571. The van der Waals surface area contributed by atoms with Gasteiger partial charge in [-0.1, -0.05) is 0 Å². The van der Waals surface area contributed by atoms with E-state index < -0.39 is 6.10 Å². The third-order valence-electron chi connectivity index (χ3n) is 1.69. The first-order chi connectivity index (χ1) is 6.61. The molecule has 7 N–H and O–H groups in total. The van der Waals surface area contributed by atoms with Crippen LogP contribution in [0.2, 0.25) is 0 Å². The first-order valence-electron chi connectivity index (χ1n) is 4.26. The number of aliphatic hydroxyl groups is 1. The minimum Gasteiger partial charge on any atom is -0.392 e. The molecule has 1 atom stereocenters. The lowest BCUT2D eigenvalue weighted by molar-refractivity contribution is 0.172. The summed E-state index contributed by atoms with van der Waals surface area (Å²) in [6, 6.07) is 0. The van der Waals surface area contributed by atoms with Gasteiger partial charge in [-0.05, 0) is 6.42 Å². The van der Waals surface area contributed by atoms with E-state index in [-0.39, 0.29) is 18.4 Å². The summed E-state index contributed by atoms with van der Waals surface area (Å²) in [5.41, 5.74) is 16.0. The van der Waals surface area contributed by atoms with Crippen molar-refractivity contribution in [3.8, 4) is 0 Å². The van der Waals surface area contributed by atoms with E-state index in [1.54, 1.807) is 0 Å². The van der Waals surface area contributed by atoms with Crippen LogP contribution in [0.25, 0.3) is 0 Å². The van der Waals surface area contributed by atoms with Gasteiger partial charge in [-0.15, -0.1) is 0 Å². The van der Waals surface area contributed by atoms with Crippen molar-refractivity contribution in [2.45, 2.75) is 18.9 Å². The van der Waals surface area contributed by atoms with E-state index in [9.17, 15) is 5.11 Å². The number of nitrogens with zero attached hydrogens (tertiary/aromatic N) is 3. The van der Waals surface area contributed by atoms with Crippen LogP contribution in [0.3, 0.4) is 0 Å². The lowest BCUT2D eigenvalue weighted by Crippen LogP contribution is -2.20. The third-order valence-corrected chi connectivity index (χ3v) is 1.69. The highest BCUT2D eigenvalue weighted by atomic mass is 16.3. The van der Waals surface area contributed by atoms with Gasteiger partial charge < -0.3 is 22.3 Å². The van der Waals surface area contributed by atoms with Gasteiger partial charge in [-0.3, -0.25) is 0 Å². The number of aromatic nitrogens is 3. The summed E-state index contributed by atoms with van der Waals surface area (Å²) in [7, 11) is 0. The second-order valence-corrected chi connectivity index (χ2v) is 2.90. The zero-order valence-corrected chi connectivity index (χ0v) is 7.72. The van der Waals surface area contributed by atoms with Crippen molar-refractivity contribution in [2.75, 3.05) is 18.0 Å². The highest BCUT2D eigenvalue weighted by molar-refractivity contribution is 5.25. The van der Waals surface area contributed by atoms with Crippen molar-refractivity contribution in [1.29, 1.82) is 0 Å². The number of rotatable bonds is 4. The highest BCUT2D eigenvalue weighted by Gasteiger charge is 2.05. The van der Waals surface area contributed by atoms with Gasteiger partial charge in [0.15, 0.2) is 0 Å². The second-order valence-electron chi connectivity index (χ2n) is 2.90. The third kappa shape index (κ3) is 3.11. The number of aliphatic hydroxyl groups excluding tert-OH is 1. The molecule has 7 heteroatoms. The van der Waals surface area contributed by atoms with Gasteiger partial charge in [-0.2, -0.15) is 15.0 Å². The van der Waals surface area contributed by atoms with Crippen LogP contribution in [0.15, 0.2) is 0 Å². The fourth-order valence-corrected chi connectivity index (χ4v) is 0.982. The number of hydrogen-bond acceptors (Lipinski definition) is 7. The van der Waals surface area contributed by atoms with Crippen molar-refractivity contribution in [3.05, 3.63) is 5.82 Å². The van der Waals surface area contributed by atoms with E-state index >= 15 is 0 Å². The Bertz CT molecular complexity index is 284. The number of hydrogen-bond donors (Lipinski definition) is 4. The maximum atomic E-state index is 9.20. The van der Waals surface area contributed by atoms with Gasteiger partial charge >= 0.3 is 0 Å². The fourth-order valence-electron chi connectivity index (χ4n) is 0.982. The van der Waals surface area contributed by atoms with Gasteiger partial charge in [0, 0.05) is 13.0 Å². The molecule has 1 unspecified atom stereocenters. The van der Waals surface area contributed by atoms with E-state index in [4.69, 9.17) is 17.2 Å². The molecule has 0 aromatic carbocycles. The van der Waals surface area contributed by atoms with Crippen LogP contribution in [-0.2, 0) is 6.42 Å². The number of nitrogen functional groups attached to an aromatic ring is 2. The summed E-state index contributed by atoms with van der Waals surface area (Å²) in [6.45, 7) is 0.218. The molecule has 78 valence electrons. The van der Waals surface area contributed by atoms with Gasteiger partial charge in [0.05, 0.1) is 6.10 Å². The van der Waals surface area contributed by atoms with E-state index in [0.29, 0.717) is 18.7 Å². The summed E-state index contributed by atoms with van der Waals surface area (Å²) >= 11 is 0. The standard InChI is InChI=1S/C7H14N6O/c8-3-4(14)1-2-5-11-6(9)13-7(10)12-5/h4,14H,1-3,8H2,(H4,9,10,11,12,13). The summed E-state index contributed by atoms with van der Waals surface area (Å²) in [6.07, 6.45) is 0.420. The molecular formula is C7H14N6O. The molecule has 1 heterocycles. The monoisotopic (exact) mass is 198 g/mol. The molecular weight excluding hydrogens is 184 g/mol. The first kappa shape index (κ1) is 10.6. The molecule has 1 aromatic rings. The van der Waals surface area contributed by atoms with E-state index in [1.807, 2.05) is 0 Å². The normalized spacial score (nSPS) is 12.7. The van der Waals surface area contributed by atoms with Crippen LogP contribution in [0.1, 0.15) is 12.2 Å². The average molecular weight is 198 g/mol. The van der Waals surface area contributed by atoms with Crippen molar-refractivity contribution in [2.24, 2.45) is 5.73 Å². The number of anilines is 2. The molecule has 1 aromatic heterocycles. The van der Waals surface area contributed by atoms with E-state index in [1.165, 1.54) is 0 Å². The van der Waals surface area contributed by atoms with Gasteiger partial charge in [0.25, 0.3) is 0 Å². The highest BCUT2D eigenvalue weighted by Crippen LogP contribution is 2.03. The topological polar surface area (TPSA) is 137 Å². The molecule has 0 aliphatic rings. The van der Waals surface area contributed by atoms with Crippen molar-refractivity contribution in [3.63, 3.8) is 0 Å². The van der Waals surface area contributed by atoms with Crippen LogP contribution < -0.4 is 17.2 Å². The predicted molar refractivity (Wildman–Crippen MR) is 52.0 cm³/mol. The largest absolute Gasteiger partial charge is 0.392 e. The Morgan fingerprint density at radius 3 is 2.21 bits per heavy atom. The Labute approximate surface area is 81.4 Å². The van der Waals surface area contributed by atoms with Crippen LogP contribution in [0.4, 0.5) is 11.9 Å². The lowest BCUT2D eigenvalue weighted by Gasteiger charge is -2.06. The molecule has 0 spiro atoms. The van der Waals surface area contributed by atoms with Crippen LogP contribution in [0.5, 0.6) is 0 Å². The van der Waals surface area contributed by atoms with Crippen LogP contribution in [0, 0.1) is 0 Å². The van der Waals surface area contributed by atoms with E-state index in [0.717, 1.165) is 0 Å². The Morgan fingerprint density at radius 2 is 1.71 bits per heavy atom. The summed E-state index contributed by atoms with van der Waals surface area (Å²) in [5.74, 6) is 0.659. The Morgan fingerprint density at radius 1 is 1.14 bits per heavy atom. The number of aryl methyl sites for hydroxylation is 1. The van der Waals surface area contributed by atoms with Crippen molar-refractivity contribution < 1.29 is 5.11 Å². The molecule has 0 saturated carbocycles. The zero-order chi connectivity index (χ0) is 10.6. The second kappa shape index (κ2) is 4.68. The predicted octanol–water partition coefficient (Wildman–Crippen LogP) is -1.71. The molecule has 14 heavy (non-hydrogen) atoms. The quantitative estimate of drug-likeness (QED) is 0.452. The molecule has 1 rings (SSSR count).